The maximum absolute atomic E-state index is 11.1. The number of nitrogens with zero attached hydrogens (tertiary/aromatic N) is 2. The van der Waals surface area contributed by atoms with Gasteiger partial charge in [0, 0.05) is 30.9 Å². The number of carbonyl (C=O) groups is 1. The summed E-state index contributed by atoms with van der Waals surface area (Å²) in [4.78, 5) is 14.8. The molecule has 0 aromatic heterocycles. The summed E-state index contributed by atoms with van der Waals surface area (Å²) in [6.45, 7) is 3.94. The fourth-order valence-electron chi connectivity index (χ4n) is 3.60. The van der Waals surface area contributed by atoms with Gasteiger partial charge in [0.2, 0.25) is 0 Å². The van der Waals surface area contributed by atoms with E-state index in [-0.39, 0.29) is 5.54 Å². The Balaban J connectivity index is 1.95. The van der Waals surface area contributed by atoms with E-state index in [0.717, 1.165) is 17.8 Å². The van der Waals surface area contributed by atoms with Crippen LogP contribution in [0.4, 0.5) is 10.5 Å². The summed E-state index contributed by atoms with van der Waals surface area (Å²) >= 11 is 0. The smallest absolute Gasteiger partial charge is 0.407 e. The second-order valence-corrected chi connectivity index (χ2v) is 5.44. The van der Waals surface area contributed by atoms with Gasteiger partial charge in [-0.2, -0.15) is 0 Å². The van der Waals surface area contributed by atoms with Crippen molar-refractivity contribution < 1.29 is 9.90 Å². The number of anilines is 1. The molecule has 5 heteroatoms. The number of rotatable bonds is 1. The summed E-state index contributed by atoms with van der Waals surface area (Å²) in [5.74, 6) is 0. The van der Waals surface area contributed by atoms with Crippen LogP contribution in [0.5, 0.6) is 0 Å². The predicted octanol–water partition coefficient (Wildman–Crippen LogP) is 2.41. The molecule has 0 bridgehead atoms. The predicted molar refractivity (Wildman–Crippen MR) is 77.9 cm³/mol. The molecular formula is C15H19N3O2. The molecule has 0 saturated carbocycles. The molecule has 0 radical (unpaired) electrons. The zero-order valence-corrected chi connectivity index (χ0v) is 11.6. The third-order valence-electron chi connectivity index (χ3n) is 4.62. The maximum atomic E-state index is 11.1. The number of hydrogen-bond donors (Lipinski definition) is 2. The summed E-state index contributed by atoms with van der Waals surface area (Å²) in [5.41, 5.74) is 2.45. The minimum atomic E-state index is -0.857. The Bertz CT molecular complexity index is 562. The first kappa shape index (κ1) is 13.0. The number of fused-ring (bicyclic) bond motifs is 1. The Morgan fingerprint density at radius 3 is 2.60 bits per heavy atom. The largest absolute Gasteiger partial charge is 0.465 e. The van der Waals surface area contributed by atoms with Crippen LogP contribution in [0.3, 0.4) is 0 Å². The van der Waals surface area contributed by atoms with Gasteiger partial charge in [-0.3, -0.25) is 0 Å². The maximum Gasteiger partial charge on any atom is 0.407 e. The molecule has 2 heterocycles. The highest BCUT2D eigenvalue weighted by molar-refractivity contribution is 6.15. The van der Waals surface area contributed by atoms with E-state index in [9.17, 15) is 4.79 Å². The van der Waals surface area contributed by atoms with Crippen LogP contribution in [-0.2, 0) is 0 Å². The van der Waals surface area contributed by atoms with Gasteiger partial charge in [-0.05, 0) is 25.8 Å². The molecule has 5 nitrogen and oxygen atoms in total. The topological polar surface area (TPSA) is 67.6 Å². The molecule has 0 aliphatic carbocycles. The third kappa shape index (κ3) is 1.62. The van der Waals surface area contributed by atoms with Gasteiger partial charge in [-0.1, -0.05) is 18.2 Å². The molecule has 1 spiro atoms. The Labute approximate surface area is 118 Å². The van der Waals surface area contributed by atoms with Crippen molar-refractivity contribution in [2.24, 2.45) is 0 Å². The van der Waals surface area contributed by atoms with Gasteiger partial charge in [0.05, 0.1) is 11.3 Å². The van der Waals surface area contributed by atoms with Crippen LogP contribution in [0.1, 0.15) is 25.3 Å². The number of hydrogen-bond acceptors (Lipinski definition) is 3. The molecule has 2 aliphatic heterocycles. The van der Waals surface area contributed by atoms with Crippen molar-refractivity contribution in [2.75, 3.05) is 24.5 Å². The molecule has 0 unspecified atom stereocenters. The average Bonchev–Trinajstić information content (AvgIpc) is 2.69. The summed E-state index contributed by atoms with van der Waals surface area (Å²) in [6, 6.07) is 8.02. The summed E-state index contributed by atoms with van der Waals surface area (Å²) < 4.78 is 0. The number of carboxylic acid groups (broad SMARTS) is 1. The number of likely N-dealkylation sites (N-methyl/N-ethyl adjacent to an activating group) is 1. The van der Waals surface area contributed by atoms with Crippen molar-refractivity contribution in [3.8, 4) is 0 Å². The van der Waals surface area contributed by atoms with E-state index in [0.29, 0.717) is 31.6 Å². The molecular weight excluding hydrogens is 254 g/mol. The van der Waals surface area contributed by atoms with Crippen LogP contribution in [0.25, 0.3) is 0 Å². The van der Waals surface area contributed by atoms with Crippen molar-refractivity contribution >= 4 is 17.5 Å². The summed E-state index contributed by atoms with van der Waals surface area (Å²) in [5, 5.41) is 17.7. The van der Waals surface area contributed by atoms with Crippen LogP contribution >= 0.6 is 0 Å². The molecule has 3 rings (SSSR count). The number of likely N-dealkylation sites (tertiary alicyclic amines) is 1. The number of amides is 1. The first-order chi connectivity index (χ1) is 9.60. The second-order valence-electron chi connectivity index (χ2n) is 5.44. The summed E-state index contributed by atoms with van der Waals surface area (Å²) in [7, 11) is 0. The molecule has 2 N–H and O–H groups in total. The highest BCUT2D eigenvalue weighted by atomic mass is 16.4. The van der Waals surface area contributed by atoms with Crippen molar-refractivity contribution in [2.45, 2.75) is 25.3 Å². The van der Waals surface area contributed by atoms with Crippen molar-refractivity contribution in [3.05, 3.63) is 29.8 Å². The van der Waals surface area contributed by atoms with Gasteiger partial charge in [0.25, 0.3) is 0 Å². The lowest BCUT2D eigenvalue weighted by atomic mass is 9.82. The zero-order valence-electron chi connectivity index (χ0n) is 11.6. The lowest BCUT2D eigenvalue weighted by Gasteiger charge is -2.45. The third-order valence-corrected chi connectivity index (χ3v) is 4.62. The van der Waals surface area contributed by atoms with Crippen LogP contribution in [-0.4, -0.2) is 47.0 Å². The van der Waals surface area contributed by atoms with Crippen LogP contribution < -0.4 is 4.90 Å². The number of nitrogens with one attached hydrogen (secondary N) is 1. The van der Waals surface area contributed by atoms with Gasteiger partial charge < -0.3 is 20.3 Å². The van der Waals surface area contributed by atoms with Crippen molar-refractivity contribution in [1.82, 2.24) is 4.90 Å². The van der Waals surface area contributed by atoms with Crippen LogP contribution in [0, 0.1) is 5.41 Å². The Kier molecular flexibility index (Phi) is 2.92. The van der Waals surface area contributed by atoms with E-state index in [1.54, 1.807) is 0 Å². The van der Waals surface area contributed by atoms with E-state index in [1.165, 1.54) is 4.90 Å². The first-order valence-corrected chi connectivity index (χ1v) is 7.04. The van der Waals surface area contributed by atoms with Gasteiger partial charge in [-0.15, -0.1) is 0 Å². The van der Waals surface area contributed by atoms with Gasteiger partial charge in [-0.25, -0.2) is 4.79 Å². The van der Waals surface area contributed by atoms with Gasteiger partial charge in [0.1, 0.15) is 0 Å². The number of benzene rings is 1. The Morgan fingerprint density at radius 2 is 2.00 bits per heavy atom. The van der Waals surface area contributed by atoms with E-state index < -0.39 is 6.09 Å². The molecule has 20 heavy (non-hydrogen) atoms. The molecule has 2 aliphatic rings. The molecule has 1 aromatic carbocycles. The van der Waals surface area contributed by atoms with E-state index in [4.69, 9.17) is 10.5 Å². The number of para-hydroxylation sites is 1. The fourth-order valence-corrected chi connectivity index (χ4v) is 3.60. The molecule has 1 fully saturated rings. The molecule has 0 atom stereocenters. The normalized spacial score (nSPS) is 20.4. The molecule has 1 saturated heterocycles. The zero-order chi connectivity index (χ0) is 14.3. The first-order valence-electron chi connectivity index (χ1n) is 7.04. The average molecular weight is 273 g/mol. The lowest BCUT2D eigenvalue weighted by molar-refractivity contribution is 0.126. The molecule has 1 aromatic rings. The minimum Gasteiger partial charge on any atom is -0.465 e. The van der Waals surface area contributed by atoms with Crippen molar-refractivity contribution in [3.63, 3.8) is 0 Å². The SMILES string of the molecule is CCN1c2ccccc2C(=N)C12CCN(C(=O)O)CC2. The molecule has 106 valence electrons. The van der Waals surface area contributed by atoms with Crippen LogP contribution in [0.15, 0.2) is 24.3 Å². The van der Waals surface area contributed by atoms with Crippen molar-refractivity contribution in [1.29, 1.82) is 5.41 Å². The highest BCUT2D eigenvalue weighted by Crippen LogP contribution is 2.44. The van der Waals surface area contributed by atoms with Gasteiger partial charge in [0.15, 0.2) is 0 Å². The van der Waals surface area contributed by atoms with Crippen LogP contribution in [0.2, 0.25) is 0 Å². The minimum absolute atomic E-state index is 0.315. The fraction of sp³-hybridized carbons (Fsp3) is 0.467. The number of piperidine rings is 1. The Morgan fingerprint density at radius 1 is 1.35 bits per heavy atom. The Hall–Kier alpha value is -2.04. The quantitative estimate of drug-likeness (QED) is 0.825. The summed E-state index contributed by atoms with van der Waals surface area (Å²) in [6.07, 6.45) is 0.534. The highest BCUT2D eigenvalue weighted by Gasteiger charge is 2.49. The second kappa shape index (κ2) is 4.51. The lowest BCUT2D eigenvalue weighted by Crippen LogP contribution is -2.57. The van der Waals surface area contributed by atoms with E-state index in [1.807, 2.05) is 18.2 Å². The monoisotopic (exact) mass is 273 g/mol. The van der Waals surface area contributed by atoms with E-state index in [2.05, 4.69) is 17.9 Å². The van der Waals surface area contributed by atoms with Gasteiger partial charge >= 0.3 is 6.09 Å². The van der Waals surface area contributed by atoms with E-state index >= 15 is 0 Å². The standard InChI is InChI=1S/C15H19N3O2/c1-2-18-12-6-4-3-5-11(12)13(16)15(18)7-9-17(10-8-15)14(19)20/h3-6,16H,2,7-10H2,1H3,(H,19,20). The molecule has 1 amide bonds.